The molecule has 4 nitrogen and oxygen atoms in total. The van der Waals surface area contributed by atoms with Crippen molar-refractivity contribution in [2.75, 3.05) is 0 Å². The van der Waals surface area contributed by atoms with Crippen LogP contribution in [0.1, 0.15) is 26.1 Å². The summed E-state index contributed by atoms with van der Waals surface area (Å²) in [4.78, 5) is 8.64. The van der Waals surface area contributed by atoms with Gasteiger partial charge in [0, 0.05) is 19.3 Å². The lowest BCUT2D eigenvalue weighted by atomic mass is 10.2. The second-order valence-corrected chi connectivity index (χ2v) is 4.14. The van der Waals surface area contributed by atoms with Gasteiger partial charge >= 0.3 is 0 Å². The number of imidazole rings is 1. The smallest absolute Gasteiger partial charge is 0.123 e. The molecule has 1 N–H and O–H groups in total. The fraction of sp³-hybridized carbons (Fsp3) is 0.500. The molecule has 0 saturated heterocycles. The second kappa shape index (κ2) is 4.61. The molecule has 1 unspecified atom stereocenters. The fourth-order valence-corrected chi connectivity index (χ4v) is 1.67. The summed E-state index contributed by atoms with van der Waals surface area (Å²) in [5.41, 5.74) is 2.10. The number of rotatable bonds is 4. The molecule has 2 rings (SSSR count). The van der Waals surface area contributed by atoms with Crippen LogP contribution in [0.25, 0.3) is 11.0 Å². The molecule has 4 heteroatoms. The number of aryl methyl sites for hydroxylation is 1. The van der Waals surface area contributed by atoms with Crippen molar-refractivity contribution in [2.45, 2.75) is 32.9 Å². The monoisotopic (exact) mass is 218 g/mol. The number of pyridine rings is 1. The van der Waals surface area contributed by atoms with Crippen LogP contribution in [0.5, 0.6) is 0 Å². The fourth-order valence-electron chi connectivity index (χ4n) is 1.67. The van der Waals surface area contributed by atoms with E-state index >= 15 is 0 Å². The summed E-state index contributed by atoms with van der Waals surface area (Å²) < 4.78 is 2.12. The zero-order valence-electron chi connectivity index (χ0n) is 10.1. The summed E-state index contributed by atoms with van der Waals surface area (Å²) >= 11 is 0. The van der Waals surface area contributed by atoms with E-state index in [1.165, 1.54) is 0 Å². The zero-order chi connectivity index (χ0) is 11.5. The number of hydrogen-bond donors (Lipinski definition) is 1. The molecule has 0 saturated carbocycles. The molecule has 0 aliphatic heterocycles. The second-order valence-electron chi connectivity index (χ2n) is 4.14. The van der Waals surface area contributed by atoms with Gasteiger partial charge in [-0.3, -0.25) is 4.98 Å². The molecule has 86 valence electrons. The molecule has 0 bridgehead atoms. The Balaban J connectivity index is 2.21. The van der Waals surface area contributed by atoms with E-state index in [0.717, 1.165) is 29.8 Å². The summed E-state index contributed by atoms with van der Waals surface area (Å²) in [6.45, 7) is 5.17. The topological polar surface area (TPSA) is 42.7 Å². The molecular weight excluding hydrogens is 200 g/mol. The number of nitrogens with zero attached hydrogens (tertiary/aromatic N) is 3. The highest BCUT2D eigenvalue weighted by Gasteiger charge is 2.07. The lowest BCUT2D eigenvalue weighted by Crippen LogP contribution is -2.25. The average molecular weight is 218 g/mol. The molecule has 0 aliphatic rings. The number of nitrogens with one attached hydrogen (secondary N) is 1. The van der Waals surface area contributed by atoms with E-state index in [0.29, 0.717) is 6.04 Å². The van der Waals surface area contributed by atoms with Gasteiger partial charge in [0.05, 0.1) is 18.3 Å². The van der Waals surface area contributed by atoms with Crippen LogP contribution in [0.15, 0.2) is 18.5 Å². The van der Waals surface area contributed by atoms with E-state index in [2.05, 4.69) is 33.7 Å². The van der Waals surface area contributed by atoms with E-state index in [-0.39, 0.29) is 0 Å². The third-order valence-electron chi connectivity index (χ3n) is 3.00. The molecule has 0 radical (unpaired) electrons. The van der Waals surface area contributed by atoms with Crippen LogP contribution in [-0.4, -0.2) is 20.6 Å². The van der Waals surface area contributed by atoms with Gasteiger partial charge in [-0.05, 0) is 19.4 Å². The first-order chi connectivity index (χ1) is 7.72. The van der Waals surface area contributed by atoms with Gasteiger partial charge in [0.2, 0.25) is 0 Å². The molecule has 1 atom stereocenters. The Hall–Kier alpha value is -1.42. The molecule has 0 fully saturated rings. The number of hydrogen-bond acceptors (Lipinski definition) is 3. The highest BCUT2D eigenvalue weighted by Crippen LogP contribution is 2.12. The van der Waals surface area contributed by atoms with Crippen LogP contribution in [0.4, 0.5) is 0 Å². The maximum absolute atomic E-state index is 4.56. The van der Waals surface area contributed by atoms with Crippen molar-refractivity contribution in [3.05, 3.63) is 24.3 Å². The van der Waals surface area contributed by atoms with Crippen molar-refractivity contribution >= 4 is 11.0 Å². The maximum Gasteiger partial charge on any atom is 0.123 e. The van der Waals surface area contributed by atoms with Crippen molar-refractivity contribution in [3.8, 4) is 0 Å². The summed E-state index contributed by atoms with van der Waals surface area (Å²) in [6, 6.07) is 2.52. The van der Waals surface area contributed by atoms with Gasteiger partial charge in [0.25, 0.3) is 0 Å². The quantitative estimate of drug-likeness (QED) is 0.851. The molecule has 0 aromatic carbocycles. The predicted octanol–water partition coefficient (Wildman–Crippen LogP) is 1.86. The van der Waals surface area contributed by atoms with E-state index in [4.69, 9.17) is 0 Å². The third-order valence-corrected chi connectivity index (χ3v) is 3.00. The van der Waals surface area contributed by atoms with Crippen molar-refractivity contribution in [3.63, 3.8) is 0 Å². The van der Waals surface area contributed by atoms with Crippen LogP contribution >= 0.6 is 0 Å². The molecular formula is C12H18N4. The van der Waals surface area contributed by atoms with Crippen LogP contribution < -0.4 is 5.32 Å². The molecule has 0 amide bonds. The molecule has 0 spiro atoms. The maximum atomic E-state index is 4.56. The Labute approximate surface area is 95.7 Å². The van der Waals surface area contributed by atoms with Crippen LogP contribution in [0.3, 0.4) is 0 Å². The highest BCUT2D eigenvalue weighted by atomic mass is 15.1. The molecule has 2 aromatic rings. The highest BCUT2D eigenvalue weighted by molar-refractivity contribution is 5.74. The van der Waals surface area contributed by atoms with Crippen molar-refractivity contribution in [1.29, 1.82) is 0 Å². The van der Waals surface area contributed by atoms with Crippen molar-refractivity contribution in [2.24, 2.45) is 7.05 Å². The van der Waals surface area contributed by atoms with Crippen LogP contribution in [-0.2, 0) is 13.6 Å². The van der Waals surface area contributed by atoms with E-state index in [9.17, 15) is 0 Å². The molecule has 2 aromatic heterocycles. The summed E-state index contributed by atoms with van der Waals surface area (Å²) in [5.74, 6) is 1.06. The molecule has 0 aliphatic carbocycles. The SMILES string of the molecule is CCC(C)NCc1nc2cnccc2n1C. The minimum Gasteiger partial charge on any atom is -0.330 e. The van der Waals surface area contributed by atoms with Crippen LogP contribution in [0, 0.1) is 0 Å². The first-order valence-electron chi connectivity index (χ1n) is 5.71. The minimum atomic E-state index is 0.526. The van der Waals surface area contributed by atoms with E-state index in [1.807, 2.05) is 19.3 Å². The summed E-state index contributed by atoms with van der Waals surface area (Å²) in [5, 5.41) is 3.45. The van der Waals surface area contributed by atoms with E-state index < -0.39 is 0 Å². The van der Waals surface area contributed by atoms with Crippen LogP contribution in [0.2, 0.25) is 0 Å². The predicted molar refractivity (Wildman–Crippen MR) is 65.1 cm³/mol. The van der Waals surface area contributed by atoms with Gasteiger partial charge in [-0.1, -0.05) is 6.92 Å². The number of fused-ring (bicyclic) bond motifs is 1. The Morgan fingerprint density at radius 1 is 1.50 bits per heavy atom. The van der Waals surface area contributed by atoms with E-state index in [1.54, 1.807) is 6.20 Å². The third kappa shape index (κ3) is 2.07. The lowest BCUT2D eigenvalue weighted by Gasteiger charge is -2.10. The van der Waals surface area contributed by atoms with Gasteiger partial charge in [-0.25, -0.2) is 4.98 Å². The van der Waals surface area contributed by atoms with Crippen molar-refractivity contribution in [1.82, 2.24) is 19.9 Å². The first-order valence-corrected chi connectivity index (χ1v) is 5.71. The Morgan fingerprint density at radius 3 is 3.00 bits per heavy atom. The molecule has 16 heavy (non-hydrogen) atoms. The standard InChI is InChI=1S/C12H18N4/c1-4-9(2)14-8-12-15-10-7-13-6-5-11(10)16(12)3/h5-7,9,14H,4,8H2,1-3H3. The molecule has 2 heterocycles. The Bertz CT molecular complexity index is 475. The van der Waals surface area contributed by atoms with Gasteiger partial charge in [-0.2, -0.15) is 0 Å². The number of aromatic nitrogens is 3. The van der Waals surface area contributed by atoms with Gasteiger partial charge < -0.3 is 9.88 Å². The normalized spacial score (nSPS) is 13.2. The van der Waals surface area contributed by atoms with Gasteiger partial charge in [0.15, 0.2) is 0 Å². The Morgan fingerprint density at radius 2 is 2.31 bits per heavy atom. The van der Waals surface area contributed by atoms with Crippen molar-refractivity contribution < 1.29 is 0 Å². The lowest BCUT2D eigenvalue weighted by molar-refractivity contribution is 0.517. The summed E-state index contributed by atoms with van der Waals surface area (Å²) in [6.07, 6.45) is 4.74. The summed E-state index contributed by atoms with van der Waals surface area (Å²) in [7, 11) is 2.04. The first kappa shape index (κ1) is 11.1. The van der Waals surface area contributed by atoms with Gasteiger partial charge in [0.1, 0.15) is 11.3 Å². The van der Waals surface area contributed by atoms with Gasteiger partial charge in [-0.15, -0.1) is 0 Å². The zero-order valence-corrected chi connectivity index (χ0v) is 10.1. The Kier molecular flexibility index (Phi) is 3.19. The minimum absolute atomic E-state index is 0.526. The average Bonchev–Trinajstić information content (AvgIpc) is 2.64. The largest absolute Gasteiger partial charge is 0.330 e.